The van der Waals surface area contributed by atoms with Crippen LogP contribution in [-0.4, -0.2) is 76.5 Å². The Labute approximate surface area is 174 Å². The standard InChI is InChI=1S/C21H26FN5O3/c1-25(19(28)6-4-12-27-20(29)14-26(2)21(27)30)11-3-5-17-13-18(24-23-17)15-7-9-16(22)10-8-15/h7-10,13H,3-6,11-12,14H2,1-2H3,(H,23,24). The zero-order chi connectivity index (χ0) is 21.7. The van der Waals surface area contributed by atoms with Gasteiger partial charge in [-0.3, -0.25) is 19.6 Å². The molecule has 30 heavy (non-hydrogen) atoms. The van der Waals surface area contributed by atoms with Crippen molar-refractivity contribution in [2.75, 3.05) is 33.7 Å². The number of aromatic amines is 1. The Hall–Kier alpha value is -3.23. The molecule has 2 aromatic rings. The van der Waals surface area contributed by atoms with Crippen LogP contribution in [0, 0.1) is 5.82 Å². The number of hydrogen-bond acceptors (Lipinski definition) is 4. The van der Waals surface area contributed by atoms with Crippen LogP contribution in [0.1, 0.15) is 25.0 Å². The second-order valence-corrected chi connectivity index (χ2v) is 7.49. The number of carbonyl (C=O) groups excluding carboxylic acids is 3. The normalized spacial score (nSPS) is 14.0. The number of aromatic nitrogens is 2. The van der Waals surface area contributed by atoms with Crippen molar-refractivity contribution in [3.05, 3.63) is 41.8 Å². The smallest absolute Gasteiger partial charge is 0.326 e. The van der Waals surface area contributed by atoms with Crippen LogP contribution in [0.5, 0.6) is 0 Å². The van der Waals surface area contributed by atoms with E-state index in [0.717, 1.165) is 29.8 Å². The summed E-state index contributed by atoms with van der Waals surface area (Å²) in [7, 11) is 3.33. The highest BCUT2D eigenvalue weighted by atomic mass is 19.1. The monoisotopic (exact) mass is 415 g/mol. The highest BCUT2D eigenvalue weighted by Gasteiger charge is 2.32. The SMILES string of the molecule is CN(CCCc1cc(-c2ccc(F)cc2)n[nH]1)C(=O)CCCN1C(=O)CN(C)C1=O. The summed E-state index contributed by atoms with van der Waals surface area (Å²) in [6, 6.07) is 7.79. The van der Waals surface area contributed by atoms with Gasteiger partial charge in [-0.2, -0.15) is 5.10 Å². The van der Waals surface area contributed by atoms with Crippen LogP contribution in [-0.2, 0) is 16.0 Å². The molecule has 0 atom stereocenters. The molecule has 0 saturated carbocycles. The highest BCUT2D eigenvalue weighted by molar-refractivity contribution is 6.01. The van der Waals surface area contributed by atoms with Crippen LogP contribution in [0.3, 0.4) is 0 Å². The molecule has 1 aromatic carbocycles. The van der Waals surface area contributed by atoms with Crippen molar-refractivity contribution in [1.29, 1.82) is 0 Å². The lowest BCUT2D eigenvalue weighted by Gasteiger charge is -2.18. The number of urea groups is 1. The minimum Gasteiger partial charge on any atom is -0.346 e. The molecule has 0 spiro atoms. The van der Waals surface area contributed by atoms with E-state index in [1.165, 1.54) is 21.9 Å². The number of benzene rings is 1. The second-order valence-electron chi connectivity index (χ2n) is 7.49. The molecule has 4 amide bonds. The summed E-state index contributed by atoms with van der Waals surface area (Å²) in [6.07, 6.45) is 2.24. The molecular formula is C21H26FN5O3. The van der Waals surface area contributed by atoms with Gasteiger partial charge in [-0.25, -0.2) is 9.18 Å². The summed E-state index contributed by atoms with van der Waals surface area (Å²) in [5, 5.41) is 7.23. The van der Waals surface area contributed by atoms with E-state index < -0.39 is 0 Å². The molecule has 0 bridgehead atoms. The van der Waals surface area contributed by atoms with E-state index in [-0.39, 0.29) is 43.2 Å². The molecule has 1 fully saturated rings. The highest BCUT2D eigenvalue weighted by Crippen LogP contribution is 2.18. The lowest BCUT2D eigenvalue weighted by Crippen LogP contribution is -2.34. The van der Waals surface area contributed by atoms with Crippen molar-refractivity contribution in [2.24, 2.45) is 0 Å². The molecule has 0 aliphatic carbocycles. The molecule has 1 aromatic heterocycles. The van der Waals surface area contributed by atoms with Gasteiger partial charge in [0.15, 0.2) is 0 Å². The molecule has 3 rings (SSSR count). The number of halogens is 1. The molecule has 2 heterocycles. The minimum atomic E-state index is -0.305. The number of amides is 4. The van der Waals surface area contributed by atoms with Gasteiger partial charge in [0, 0.05) is 44.9 Å². The predicted octanol–water partition coefficient (Wildman–Crippen LogP) is 2.28. The number of nitrogens with one attached hydrogen (secondary N) is 1. The van der Waals surface area contributed by atoms with E-state index in [0.29, 0.717) is 13.0 Å². The first-order valence-corrected chi connectivity index (χ1v) is 9.95. The van der Waals surface area contributed by atoms with Gasteiger partial charge in [0.25, 0.3) is 0 Å². The van der Waals surface area contributed by atoms with Crippen molar-refractivity contribution in [3.8, 4) is 11.3 Å². The fourth-order valence-electron chi connectivity index (χ4n) is 3.36. The molecule has 8 nitrogen and oxygen atoms in total. The second kappa shape index (κ2) is 9.51. The first-order chi connectivity index (χ1) is 14.3. The Morgan fingerprint density at radius 1 is 1.23 bits per heavy atom. The summed E-state index contributed by atoms with van der Waals surface area (Å²) in [4.78, 5) is 40.1. The van der Waals surface area contributed by atoms with Crippen LogP contribution in [0.25, 0.3) is 11.3 Å². The molecule has 160 valence electrons. The van der Waals surface area contributed by atoms with E-state index in [9.17, 15) is 18.8 Å². The summed E-state index contributed by atoms with van der Waals surface area (Å²) >= 11 is 0. The molecule has 1 aliphatic heterocycles. The van der Waals surface area contributed by atoms with E-state index in [2.05, 4.69) is 10.2 Å². The maximum Gasteiger partial charge on any atom is 0.326 e. The van der Waals surface area contributed by atoms with Gasteiger partial charge in [-0.1, -0.05) is 0 Å². The lowest BCUT2D eigenvalue weighted by atomic mass is 10.1. The van der Waals surface area contributed by atoms with Crippen molar-refractivity contribution in [2.45, 2.75) is 25.7 Å². The Kier molecular flexibility index (Phi) is 6.81. The van der Waals surface area contributed by atoms with Crippen molar-refractivity contribution in [1.82, 2.24) is 24.9 Å². The van der Waals surface area contributed by atoms with Gasteiger partial charge in [-0.15, -0.1) is 0 Å². The number of nitrogens with zero attached hydrogens (tertiary/aromatic N) is 4. The Bertz CT molecular complexity index is 912. The average molecular weight is 415 g/mol. The van der Waals surface area contributed by atoms with Gasteiger partial charge >= 0.3 is 6.03 Å². The first-order valence-electron chi connectivity index (χ1n) is 9.95. The molecule has 0 radical (unpaired) electrons. The molecule has 1 saturated heterocycles. The number of H-pyrrole nitrogens is 1. The number of hydrogen-bond donors (Lipinski definition) is 1. The average Bonchev–Trinajstić information content (AvgIpc) is 3.28. The lowest BCUT2D eigenvalue weighted by molar-refractivity contribution is -0.131. The fraction of sp³-hybridized carbons (Fsp3) is 0.429. The third kappa shape index (κ3) is 5.22. The molecule has 1 aliphatic rings. The number of likely N-dealkylation sites (N-methyl/N-ethyl adjacent to an activating group) is 1. The Balaban J connectivity index is 1.37. The van der Waals surface area contributed by atoms with Gasteiger partial charge < -0.3 is 9.80 Å². The zero-order valence-electron chi connectivity index (χ0n) is 17.2. The van der Waals surface area contributed by atoms with Crippen molar-refractivity contribution in [3.63, 3.8) is 0 Å². The maximum atomic E-state index is 13.0. The van der Waals surface area contributed by atoms with E-state index in [1.54, 1.807) is 31.1 Å². The fourth-order valence-corrected chi connectivity index (χ4v) is 3.36. The van der Waals surface area contributed by atoms with E-state index in [4.69, 9.17) is 0 Å². The molecule has 0 unspecified atom stereocenters. The Morgan fingerprint density at radius 3 is 2.63 bits per heavy atom. The topological polar surface area (TPSA) is 89.6 Å². The third-order valence-electron chi connectivity index (χ3n) is 5.14. The zero-order valence-corrected chi connectivity index (χ0v) is 17.2. The minimum absolute atomic E-state index is 0.0148. The van der Waals surface area contributed by atoms with Crippen molar-refractivity contribution >= 4 is 17.8 Å². The van der Waals surface area contributed by atoms with Gasteiger partial charge in [0.1, 0.15) is 12.4 Å². The summed E-state index contributed by atoms with van der Waals surface area (Å²) in [5.41, 5.74) is 2.55. The van der Waals surface area contributed by atoms with Crippen LogP contribution in [0.4, 0.5) is 9.18 Å². The van der Waals surface area contributed by atoms with Crippen LogP contribution in [0.2, 0.25) is 0 Å². The molecule has 1 N–H and O–H groups in total. The summed E-state index contributed by atoms with van der Waals surface area (Å²) in [6.45, 7) is 0.957. The van der Waals surface area contributed by atoms with Crippen LogP contribution >= 0.6 is 0 Å². The first kappa shape index (κ1) is 21.5. The maximum absolute atomic E-state index is 13.0. The molecular weight excluding hydrogens is 389 g/mol. The number of imide groups is 1. The largest absolute Gasteiger partial charge is 0.346 e. The van der Waals surface area contributed by atoms with Crippen molar-refractivity contribution < 1.29 is 18.8 Å². The molecule has 9 heteroatoms. The number of rotatable bonds is 9. The number of carbonyl (C=O) groups is 3. The van der Waals surface area contributed by atoms with E-state index in [1.807, 2.05) is 6.07 Å². The number of aryl methyl sites for hydroxylation is 1. The van der Waals surface area contributed by atoms with Crippen LogP contribution < -0.4 is 0 Å². The summed E-state index contributed by atoms with van der Waals surface area (Å²) < 4.78 is 13.0. The van der Waals surface area contributed by atoms with Gasteiger partial charge in [0.2, 0.25) is 11.8 Å². The Morgan fingerprint density at radius 2 is 1.97 bits per heavy atom. The third-order valence-corrected chi connectivity index (χ3v) is 5.14. The van der Waals surface area contributed by atoms with Gasteiger partial charge in [0.05, 0.1) is 5.69 Å². The summed E-state index contributed by atoms with van der Waals surface area (Å²) in [5.74, 6) is -0.518. The van der Waals surface area contributed by atoms with E-state index >= 15 is 0 Å². The quantitative estimate of drug-likeness (QED) is 0.637. The van der Waals surface area contributed by atoms with Gasteiger partial charge in [-0.05, 0) is 49.6 Å². The van der Waals surface area contributed by atoms with Crippen LogP contribution in [0.15, 0.2) is 30.3 Å². The predicted molar refractivity (Wildman–Crippen MR) is 109 cm³/mol.